The molecule has 1 N–H and O–H groups in total. The summed E-state index contributed by atoms with van der Waals surface area (Å²) in [7, 11) is 4.12. The molecule has 5 heteroatoms. The van der Waals surface area contributed by atoms with Crippen molar-refractivity contribution in [3.05, 3.63) is 65.6 Å². The van der Waals surface area contributed by atoms with Gasteiger partial charge in [0.25, 0.3) is 0 Å². The average Bonchev–Trinajstić information content (AvgIpc) is 2.91. The molecule has 0 unspecified atom stereocenters. The average molecular weight is 336 g/mol. The lowest BCUT2D eigenvalue weighted by molar-refractivity contribution is 0.309. The van der Waals surface area contributed by atoms with Gasteiger partial charge in [0.15, 0.2) is 5.82 Å². The molecule has 1 aliphatic heterocycles. The van der Waals surface area contributed by atoms with Gasteiger partial charge in [-0.2, -0.15) is 5.10 Å². The Bertz CT molecular complexity index is 899. The van der Waals surface area contributed by atoms with Gasteiger partial charge in [-0.25, -0.2) is 4.39 Å². The number of fused-ring (bicyclic) bond motifs is 1. The van der Waals surface area contributed by atoms with Crippen LogP contribution in [0.1, 0.15) is 11.3 Å². The molecule has 0 amide bonds. The molecule has 25 heavy (non-hydrogen) atoms. The van der Waals surface area contributed by atoms with E-state index in [9.17, 15) is 4.39 Å². The van der Waals surface area contributed by atoms with E-state index in [0.29, 0.717) is 5.56 Å². The van der Waals surface area contributed by atoms with Crippen LogP contribution in [0.25, 0.3) is 11.1 Å². The second-order valence-electron chi connectivity index (χ2n) is 6.57. The molecule has 1 aromatic heterocycles. The molecule has 3 aromatic rings. The van der Waals surface area contributed by atoms with Gasteiger partial charge in [0.05, 0.1) is 0 Å². The summed E-state index contributed by atoms with van der Waals surface area (Å²) in [5.41, 5.74) is 4.99. The molecule has 0 saturated carbocycles. The van der Waals surface area contributed by atoms with Crippen molar-refractivity contribution in [2.24, 2.45) is 7.05 Å². The lowest BCUT2D eigenvalue weighted by Crippen LogP contribution is -2.27. The fourth-order valence-electron chi connectivity index (χ4n) is 3.39. The van der Waals surface area contributed by atoms with Crippen molar-refractivity contribution < 1.29 is 4.39 Å². The van der Waals surface area contributed by atoms with Crippen molar-refractivity contribution in [2.75, 3.05) is 18.9 Å². The summed E-state index contributed by atoms with van der Waals surface area (Å²) in [4.78, 5) is 2.30. The highest BCUT2D eigenvalue weighted by Gasteiger charge is 2.22. The molecule has 0 aliphatic carbocycles. The Balaban J connectivity index is 1.59. The van der Waals surface area contributed by atoms with E-state index < -0.39 is 0 Å². The zero-order chi connectivity index (χ0) is 17.4. The zero-order valence-electron chi connectivity index (χ0n) is 14.5. The lowest BCUT2D eigenvalue weighted by Gasteiger charge is -2.23. The van der Waals surface area contributed by atoms with E-state index in [1.165, 1.54) is 17.3 Å². The summed E-state index contributed by atoms with van der Waals surface area (Å²) in [5.74, 6) is 0.702. The van der Waals surface area contributed by atoms with Crippen molar-refractivity contribution in [1.82, 2.24) is 14.7 Å². The first-order valence-corrected chi connectivity index (χ1v) is 8.47. The van der Waals surface area contributed by atoms with E-state index in [0.717, 1.165) is 36.6 Å². The summed E-state index contributed by atoms with van der Waals surface area (Å²) < 4.78 is 15.9. The third-order valence-corrected chi connectivity index (χ3v) is 4.77. The monoisotopic (exact) mass is 336 g/mol. The number of nitrogens with one attached hydrogen (secondary N) is 1. The third kappa shape index (κ3) is 3.03. The first-order chi connectivity index (χ1) is 12.1. The largest absolute Gasteiger partial charge is 0.338 e. The quantitative estimate of drug-likeness (QED) is 0.786. The predicted octanol–water partition coefficient (Wildman–Crippen LogP) is 3.96. The van der Waals surface area contributed by atoms with E-state index in [-0.39, 0.29) is 5.82 Å². The first kappa shape index (κ1) is 15.8. The van der Waals surface area contributed by atoms with Crippen LogP contribution >= 0.6 is 0 Å². The van der Waals surface area contributed by atoms with E-state index in [1.807, 2.05) is 42.1 Å². The van der Waals surface area contributed by atoms with Gasteiger partial charge >= 0.3 is 0 Å². The number of hydrogen-bond acceptors (Lipinski definition) is 3. The maximum Gasteiger partial charge on any atom is 0.157 e. The van der Waals surface area contributed by atoms with E-state index >= 15 is 0 Å². The van der Waals surface area contributed by atoms with Gasteiger partial charge in [-0.05, 0) is 30.8 Å². The van der Waals surface area contributed by atoms with Gasteiger partial charge in [-0.1, -0.05) is 30.3 Å². The van der Waals surface area contributed by atoms with Crippen molar-refractivity contribution >= 4 is 11.5 Å². The fourth-order valence-corrected chi connectivity index (χ4v) is 3.39. The van der Waals surface area contributed by atoms with Crippen LogP contribution in [0.2, 0.25) is 0 Å². The Kier molecular flexibility index (Phi) is 4.01. The highest BCUT2D eigenvalue weighted by Crippen LogP contribution is 2.29. The van der Waals surface area contributed by atoms with E-state index in [1.54, 1.807) is 12.1 Å². The Morgan fingerprint density at radius 2 is 1.80 bits per heavy atom. The maximum atomic E-state index is 13.9. The Morgan fingerprint density at radius 1 is 1.04 bits per heavy atom. The minimum absolute atomic E-state index is 0.204. The Labute approximate surface area is 146 Å². The second kappa shape index (κ2) is 6.33. The SMILES string of the molecule is CN1CCc2c(c(Nc3ccc(-c4ccccc4F)cc3)nn2C)C1. The summed E-state index contributed by atoms with van der Waals surface area (Å²) in [6.07, 6.45) is 1.02. The number of anilines is 2. The summed E-state index contributed by atoms with van der Waals surface area (Å²) in [5, 5.41) is 8.05. The van der Waals surface area contributed by atoms with Crippen molar-refractivity contribution in [3.63, 3.8) is 0 Å². The fraction of sp³-hybridized carbons (Fsp3) is 0.250. The van der Waals surface area contributed by atoms with Crippen LogP contribution in [0.15, 0.2) is 48.5 Å². The molecule has 128 valence electrons. The van der Waals surface area contributed by atoms with Gasteiger partial charge in [0.1, 0.15) is 5.82 Å². The predicted molar refractivity (Wildman–Crippen MR) is 98.4 cm³/mol. The smallest absolute Gasteiger partial charge is 0.157 e. The van der Waals surface area contributed by atoms with Crippen LogP contribution in [-0.2, 0) is 20.0 Å². The first-order valence-electron chi connectivity index (χ1n) is 8.47. The number of halogens is 1. The molecule has 4 nitrogen and oxygen atoms in total. The molecule has 0 atom stereocenters. The second-order valence-corrected chi connectivity index (χ2v) is 6.57. The normalized spacial score (nSPS) is 14.4. The lowest BCUT2D eigenvalue weighted by atomic mass is 10.0. The van der Waals surface area contributed by atoms with Crippen LogP contribution < -0.4 is 5.32 Å². The maximum absolute atomic E-state index is 13.9. The highest BCUT2D eigenvalue weighted by atomic mass is 19.1. The van der Waals surface area contributed by atoms with Crippen molar-refractivity contribution in [1.29, 1.82) is 0 Å². The minimum atomic E-state index is -0.204. The van der Waals surface area contributed by atoms with Gasteiger partial charge in [-0.3, -0.25) is 4.68 Å². The van der Waals surface area contributed by atoms with Gasteiger partial charge in [-0.15, -0.1) is 0 Å². The standard InChI is InChI=1S/C20H21FN4/c1-24-12-11-19-17(13-24)20(23-25(19)2)22-15-9-7-14(8-10-15)16-5-3-4-6-18(16)21/h3-10H,11-13H2,1-2H3,(H,22,23). The highest BCUT2D eigenvalue weighted by molar-refractivity contribution is 5.69. The van der Waals surface area contributed by atoms with Crippen LogP contribution in [-0.4, -0.2) is 28.3 Å². The number of aryl methyl sites for hydroxylation is 1. The molecule has 0 radical (unpaired) electrons. The molecule has 4 rings (SSSR count). The zero-order valence-corrected chi connectivity index (χ0v) is 14.5. The third-order valence-electron chi connectivity index (χ3n) is 4.77. The number of benzene rings is 2. The molecule has 2 heterocycles. The van der Waals surface area contributed by atoms with Gasteiger partial charge < -0.3 is 10.2 Å². The number of hydrogen-bond donors (Lipinski definition) is 1. The molecule has 0 fully saturated rings. The summed E-state index contributed by atoms with van der Waals surface area (Å²) in [6.45, 7) is 1.96. The van der Waals surface area contributed by atoms with E-state index in [2.05, 4.69) is 22.4 Å². The van der Waals surface area contributed by atoms with Crippen molar-refractivity contribution in [2.45, 2.75) is 13.0 Å². The Morgan fingerprint density at radius 3 is 2.56 bits per heavy atom. The topological polar surface area (TPSA) is 33.1 Å². The summed E-state index contributed by atoms with van der Waals surface area (Å²) >= 11 is 0. The molecular weight excluding hydrogens is 315 g/mol. The van der Waals surface area contributed by atoms with Crippen molar-refractivity contribution in [3.8, 4) is 11.1 Å². The molecule has 2 aromatic carbocycles. The van der Waals surface area contributed by atoms with Crippen LogP contribution in [0.3, 0.4) is 0 Å². The van der Waals surface area contributed by atoms with Gasteiger partial charge in [0, 0.05) is 49.1 Å². The molecule has 1 aliphatic rings. The number of rotatable bonds is 3. The molecule has 0 spiro atoms. The number of aromatic nitrogens is 2. The molecule has 0 saturated heterocycles. The Hall–Kier alpha value is -2.66. The summed E-state index contributed by atoms with van der Waals surface area (Å²) in [6, 6.07) is 14.6. The van der Waals surface area contributed by atoms with Gasteiger partial charge in [0.2, 0.25) is 0 Å². The minimum Gasteiger partial charge on any atom is -0.338 e. The van der Waals surface area contributed by atoms with Crippen LogP contribution in [0.5, 0.6) is 0 Å². The molecular formula is C20H21FN4. The van der Waals surface area contributed by atoms with Crippen LogP contribution in [0.4, 0.5) is 15.9 Å². The van der Waals surface area contributed by atoms with E-state index in [4.69, 9.17) is 0 Å². The number of nitrogens with zero attached hydrogens (tertiary/aromatic N) is 3. The molecule has 0 bridgehead atoms. The van der Waals surface area contributed by atoms with Crippen LogP contribution in [0, 0.1) is 5.82 Å². The number of likely N-dealkylation sites (N-methyl/N-ethyl adjacent to an activating group) is 1.